The van der Waals surface area contributed by atoms with Crippen LogP contribution in [0.5, 0.6) is 0 Å². The number of carbonyl (C=O) groups excluding carboxylic acids is 1. The molecule has 0 fully saturated rings. The highest BCUT2D eigenvalue weighted by Crippen LogP contribution is 2.32. The number of hydrogen-bond acceptors (Lipinski definition) is 2. The van der Waals surface area contributed by atoms with Crippen LogP contribution in [0.4, 0.5) is 5.69 Å². The number of nitrogens with one attached hydrogen (secondary N) is 1. The van der Waals surface area contributed by atoms with Crippen LogP contribution in [0, 0.1) is 13.8 Å². The second-order valence-electron chi connectivity index (χ2n) is 5.53. The molecule has 0 radical (unpaired) electrons. The quantitative estimate of drug-likeness (QED) is 0.918. The number of anilines is 1. The molecule has 2 heteroatoms. The Morgan fingerprint density at radius 3 is 2.55 bits per heavy atom. The molecule has 1 aliphatic heterocycles. The molecule has 1 heterocycles. The fourth-order valence-corrected chi connectivity index (χ4v) is 3.00. The van der Waals surface area contributed by atoms with Crippen molar-refractivity contribution >= 4 is 11.5 Å². The van der Waals surface area contributed by atoms with Crippen molar-refractivity contribution < 1.29 is 4.79 Å². The maximum absolute atomic E-state index is 12.6. The third-order valence-electron chi connectivity index (χ3n) is 4.22. The van der Waals surface area contributed by atoms with Gasteiger partial charge in [0.15, 0.2) is 0 Å². The molecule has 0 amide bonds. The van der Waals surface area contributed by atoms with E-state index in [1.807, 2.05) is 24.3 Å². The molecule has 1 atom stereocenters. The number of aryl methyl sites for hydroxylation is 2. The van der Waals surface area contributed by atoms with E-state index >= 15 is 0 Å². The van der Waals surface area contributed by atoms with E-state index in [9.17, 15) is 4.79 Å². The van der Waals surface area contributed by atoms with Gasteiger partial charge in [0, 0.05) is 18.7 Å². The molecule has 0 spiro atoms. The van der Waals surface area contributed by atoms with E-state index in [2.05, 4.69) is 37.4 Å². The Balaban J connectivity index is 1.85. The Bertz CT molecular complexity index is 640. The van der Waals surface area contributed by atoms with Gasteiger partial charge in [0.2, 0.25) is 0 Å². The van der Waals surface area contributed by atoms with Crippen LogP contribution >= 0.6 is 0 Å². The molecule has 3 rings (SSSR count). The standard InChI is InChI=1S/C18H19NO/c1-12-6-5-7-13(2)15(12)10-18(20)16-11-19-17-9-4-3-8-14(16)17/h3-9,16,19H,10-11H2,1-2H3. The van der Waals surface area contributed by atoms with Crippen LogP contribution in [0.1, 0.15) is 28.2 Å². The van der Waals surface area contributed by atoms with Crippen LogP contribution in [-0.2, 0) is 11.2 Å². The number of para-hydroxylation sites is 1. The molecule has 102 valence electrons. The van der Waals surface area contributed by atoms with E-state index in [0.717, 1.165) is 17.8 Å². The molecule has 20 heavy (non-hydrogen) atoms. The van der Waals surface area contributed by atoms with Gasteiger partial charge in [0.25, 0.3) is 0 Å². The minimum absolute atomic E-state index is 0.00907. The van der Waals surface area contributed by atoms with Gasteiger partial charge in [0.05, 0.1) is 5.92 Å². The van der Waals surface area contributed by atoms with Crippen LogP contribution in [-0.4, -0.2) is 12.3 Å². The molecule has 2 aromatic carbocycles. The highest BCUT2D eigenvalue weighted by atomic mass is 16.1. The SMILES string of the molecule is Cc1cccc(C)c1CC(=O)C1CNc2ccccc21. The number of hydrogen-bond donors (Lipinski definition) is 1. The second kappa shape index (κ2) is 5.12. The fourth-order valence-electron chi connectivity index (χ4n) is 3.00. The normalized spacial score (nSPS) is 16.6. The van der Waals surface area contributed by atoms with Crippen LogP contribution < -0.4 is 5.32 Å². The predicted molar refractivity (Wildman–Crippen MR) is 82.3 cm³/mol. The van der Waals surface area contributed by atoms with E-state index < -0.39 is 0 Å². The van der Waals surface area contributed by atoms with Crippen LogP contribution in [0.3, 0.4) is 0 Å². The lowest BCUT2D eigenvalue weighted by Crippen LogP contribution is -2.17. The molecule has 1 unspecified atom stereocenters. The number of ketones is 1. The maximum atomic E-state index is 12.6. The summed E-state index contributed by atoms with van der Waals surface area (Å²) in [5, 5.41) is 3.33. The van der Waals surface area contributed by atoms with E-state index in [1.54, 1.807) is 0 Å². The monoisotopic (exact) mass is 265 g/mol. The minimum atomic E-state index is -0.00907. The van der Waals surface area contributed by atoms with Crippen molar-refractivity contribution in [1.82, 2.24) is 0 Å². The average molecular weight is 265 g/mol. The third-order valence-corrected chi connectivity index (χ3v) is 4.22. The van der Waals surface area contributed by atoms with Crippen molar-refractivity contribution in [3.05, 3.63) is 64.7 Å². The van der Waals surface area contributed by atoms with Crippen molar-refractivity contribution in [2.45, 2.75) is 26.2 Å². The Kier molecular flexibility index (Phi) is 3.31. The van der Waals surface area contributed by atoms with Gasteiger partial charge in [-0.15, -0.1) is 0 Å². The van der Waals surface area contributed by atoms with Crippen molar-refractivity contribution in [1.29, 1.82) is 0 Å². The Labute approximate surface area is 119 Å². The Morgan fingerprint density at radius 2 is 1.80 bits per heavy atom. The summed E-state index contributed by atoms with van der Waals surface area (Å²) in [4.78, 5) is 12.6. The Morgan fingerprint density at radius 1 is 1.10 bits per heavy atom. The first-order valence-corrected chi connectivity index (χ1v) is 7.07. The molecule has 1 aliphatic rings. The maximum Gasteiger partial charge on any atom is 0.146 e. The van der Waals surface area contributed by atoms with Crippen molar-refractivity contribution in [3.8, 4) is 0 Å². The molecule has 0 aromatic heterocycles. The zero-order valence-electron chi connectivity index (χ0n) is 11.9. The molecule has 2 nitrogen and oxygen atoms in total. The van der Waals surface area contributed by atoms with Gasteiger partial charge in [-0.1, -0.05) is 36.4 Å². The summed E-state index contributed by atoms with van der Waals surface area (Å²) in [7, 11) is 0. The molecule has 0 aliphatic carbocycles. The van der Waals surface area contributed by atoms with Crippen LogP contribution in [0.15, 0.2) is 42.5 Å². The van der Waals surface area contributed by atoms with Crippen LogP contribution in [0.2, 0.25) is 0 Å². The molecular weight excluding hydrogens is 246 g/mol. The average Bonchev–Trinajstić information content (AvgIpc) is 2.87. The van der Waals surface area contributed by atoms with E-state index in [4.69, 9.17) is 0 Å². The van der Waals surface area contributed by atoms with Gasteiger partial charge in [-0.05, 0) is 42.2 Å². The third kappa shape index (κ3) is 2.22. The van der Waals surface area contributed by atoms with Gasteiger partial charge in [-0.2, -0.15) is 0 Å². The minimum Gasteiger partial charge on any atom is -0.384 e. The zero-order chi connectivity index (χ0) is 14.1. The summed E-state index contributed by atoms with van der Waals surface area (Å²) in [5.41, 5.74) is 5.84. The molecule has 1 N–H and O–H groups in total. The van der Waals surface area contributed by atoms with E-state index in [-0.39, 0.29) is 5.92 Å². The van der Waals surface area contributed by atoms with E-state index in [0.29, 0.717) is 12.2 Å². The second-order valence-corrected chi connectivity index (χ2v) is 5.53. The van der Waals surface area contributed by atoms with Crippen LogP contribution in [0.25, 0.3) is 0 Å². The predicted octanol–water partition coefficient (Wildman–Crippen LogP) is 3.62. The summed E-state index contributed by atoms with van der Waals surface area (Å²) in [5.74, 6) is 0.296. The largest absolute Gasteiger partial charge is 0.384 e. The molecule has 0 saturated carbocycles. The first-order valence-electron chi connectivity index (χ1n) is 7.07. The summed E-state index contributed by atoms with van der Waals surface area (Å²) < 4.78 is 0. The lowest BCUT2D eigenvalue weighted by molar-refractivity contribution is -0.119. The smallest absolute Gasteiger partial charge is 0.146 e. The lowest BCUT2D eigenvalue weighted by atomic mass is 9.90. The highest BCUT2D eigenvalue weighted by molar-refractivity contribution is 5.91. The number of rotatable bonds is 3. The number of Topliss-reactive ketones (excluding diaryl/α,β-unsaturated/α-hetero) is 1. The van der Waals surface area contributed by atoms with E-state index in [1.165, 1.54) is 16.7 Å². The molecular formula is C18H19NO. The van der Waals surface area contributed by atoms with Gasteiger partial charge >= 0.3 is 0 Å². The first kappa shape index (κ1) is 12.9. The lowest BCUT2D eigenvalue weighted by Gasteiger charge is -2.13. The fraction of sp³-hybridized carbons (Fsp3) is 0.278. The van der Waals surface area contributed by atoms with Gasteiger partial charge in [0.1, 0.15) is 5.78 Å². The van der Waals surface area contributed by atoms with Gasteiger partial charge in [-0.3, -0.25) is 4.79 Å². The summed E-state index contributed by atoms with van der Waals surface area (Å²) in [6, 6.07) is 14.3. The highest BCUT2D eigenvalue weighted by Gasteiger charge is 2.28. The first-order chi connectivity index (χ1) is 9.66. The molecule has 0 saturated heterocycles. The summed E-state index contributed by atoms with van der Waals surface area (Å²) >= 11 is 0. The topological polar surface area (TPSA) is 29.1 Å². The van der Waals surface area contributed by atoms with Crippen molar-refractivity contribution in [2.24, 2.45) is 0 Å². The van der Waals surface area contributed by atoms with Gasteiger partial charge in [-0.25, -0.2) is 0 Å². The number of benzene rings is 2. The van der Waals surface area contributed by atoms with Crippen molar-refractivity contribution in [3.63, 3.8) is 0 Å². The zero-order valence-corrected chi connectivity index (χ0v) is 11.9. The Hall–Kier alpha value is -2.09. The van der Waals surface area contributed by atoms with Gasteiger partial charge < -0.3 is 5.32 Å². The molecule has 0 bridgehead atoms. The number of fused-ring (bicyclic) bond motifs is 1. The summed E-state index contributed by atoms with van der Waals surface area (Å²) in [6.45, 7) is 4.88. The summed E-state index contributed by atoms with van der Waals surface area (Å²) in [6.07, 6.45) is 0.527. The molecule has 2 aromatic rings. The van der Waals surface area contributed by atoms with Crippen molar-refractivity contribution in [2.75, 3.05) is 11.9 Å². The number of carbonyl (C=O) groups is 1.